The van der Waals surface area contributed by atoms with E-state index in [1.165, 1.54) is 5.56 Å². The van der Waals surface area contributed by atoms with E-state index >= 15 is 0 Å². The van der Waals surface area contributed by atoms with Gasteiger partial charge in [0.15, 0.2) is 0 Å². The van der Waals surface area contributed by atoms with E-state index in [2.05, 4.69) is 173 Å². The van der Waals surface area contributed by atoms with Gasteiger partial charge in [-0.15, -0.1) is 29.3 Å². The van der Waals surface area contributed by atoms with Crippen molar-refractivity contribution in [2.45, 2.75) is 105 Å². The Morgan fingerprint density at radius 3 is 1.86 bits per heavy atom. The fraction of sp³-hybridized carbons (Fsp3) is 0.276. The zero-order valence-electron chi connectivity index (χ0n) is 43.5. The van der Waals surface area contributed by atoms with E-state index in [-0.39, 0.29) is 78.2 Å². The average Bonchev–Trinajstić information content (AvgIpc) is 3.66. The maximum absolute atomic E-state index is 12.5. The van der Waals surface area contributed by atoms with Crippen LogP contribution < -0.4 is 0 Å². The summed E-state index contributed by atoms with van der Waals surface area (Å²) in [5.74, 6) is 0.813. The van der Waals surface area contributed by atoms with Gasteiger partial charge in [-0.2, -0.15) is 0 Å². The Bertz CT molecular complexity index is 3210. The van der Waals surface area contributed by atoms with Crippen LogP contribution in [-0.4, -0.2) is 19.6 Å². The fourth-order valence-electron chi connectivity index (χ4n) is 8.14. The second kappa shape index (κ2) is 16.9. The van der Waals surface area contributed by atoms with Crippen molar-refractivity contribution in [3.63, 3.8) is 0 Å². The Hall–Kier alpha value is -5.57. The van der Waals surface area contributed by atoms with Crippen LogP contribution in [0.4, 0.5) is 0 Å². The Morgan fingerprint density at radius 2 is 1.21 bits per heavy atom. The van der Waals surface area contributed by atoms with Crippen molar-refractivity contribution in [2.75, 3.05) is 0 Å². The first-order chi connectivity index (χ1) is 31.3. The number of benzene rings is 6. The van der Waals surface area contributed by atoms with E-state index in [1.807, 2.05) is 12.1 Å². The van der Waals surface area contributed by atoms with Crippen LogP contribution in [0.25, 0.3) is 72.7 Å². The Morgan fingerprint density at radius 1 is 0.556 bits per heavy atom. The molecule has 0 saturated carbocycles. The van der Waals surface area contributed by atoms with Crippen LogP contribution in [0.3, 0.4) is 0 Å². The molecule has 0 fully saturated rings. The van der Waals surface area contributed by atoms with E-state index in [9.17, 15) is 5.11 Å². The smallest absolute Gasteiger partial charge is 0.148 e. The van der Waals surface area contributed by atoms with E-state index < -0.39 is 6.04 Å². The Balaban J connectivity index is 0.00000684. The van der Waals surface area contributed by atoms with E-state index in [0.717, 1.165) is 55.7 Å². The number of phenols is 1. The molecule has 63 heavy (non-hydrogen) atoms. The summed E-state index contributed by atoms with van der Waals surface area (Å²) in [5, 5.41) is 12.5. The molecule has 0 radical (unpaired) electrons. The monoisotopic (exact) mass is 1010 g/mol. The van der Waals surface area contributed by atoms with E-state index in [4.69, 9.17) is 16.8 Å². The number of pyridine rings is 1. The topological polar surface area (TPSA) is 50.9 Å². The SMILES string of the molecule is [2H]c1c([2H])c([2H])c(-c2ccnc(-c3[c-]c(-c4cccc5c4nc(-c4cc(C(C)(C)C)cc(C(C)(C)C)c4O)n5-c4ccc(-c5ccccc5)c(C(C)(C)C)c4)cc(C(C)(C)C)c3)c2)c([2H])c1[2H].[Pt]. The molecule has 2 heterocycles. The van der Waals surface area contributed by atoms with Gasteiger partial charge in [0.1, 0.15) is 11.6 Å². The average molecular weight is 1020 g/mol. The molecule has 0 aliphatic heterocycles. The van der Waals surface area contributed by atoms with Crippen molar-refractivity contribution in [1.82, 2.24) is 14.5 Å². The normalized spacial score (nSPS) is 13.5. The number of rotatable bonds is 6. The molecular weight excluding hydrogens is 950 g/mol. The van der Waals surface area contributed by atoms with Crippen molar-refractivity contribution in [2.24, 2.45) is 0 Å². The number of aromatic nitrogens is 3. The van der Waals surface area contributed by atoms with Crippen LogP contribution in [0.5, 0.6) is 5.75 Å². The van der Waals surface area contributed by atoms with Gasteiger partial charge in [0.05, 0.1) is 23.5 Å². The minimum absolute atomic E-state index is 0. The molecule has 5 heteroatoms. The first kappa shape index (κ1) is 39.1. The molecule has 0 bridgehead atoms. The molecule has 0 unspecified atom stereocenters. The van der Waals surface area contributed by atoms with Crippen molar-refractivity contribution in [3.8, 4) is 67.5 Å². The quantitative estimate of drug-likeness (QED) is 0.169. The minimum Gasteiger partial charge on any atom is -0.507 e. The minimum atomic E-state index is -0.436. The zero-order chi connectivity index (χ0) is 48.7. The summed E-state index contributed by atoms with van der Waals surface area (Å²) in [5.41, 5.74) is 11.9. The molecule has 0 atom stereocenters. The van der Waals surface area contributed by atoms with Gasteiger partial charge in [-0.05, 0) is 85.4 Å². The summed E-state index contributed by atoms with van der Waals surface area (Å²) < 4.78 is 44.4. The number of hydrogen-bond donors (Lipinski definition) is 1. The van der Waals surface area contributed by atoms with Gasteiger partial charge in [-0.25, -0.2) is 4.98 Å². The van der Waals surface area contributed by atoms with Crippen LogP contribution in [0.15, 0.2) is 140 Å². The van der Waals surface area contributed by atoms with Gasteiger partial charge in [-0.3, -0.25) is 9.55 Å². The third kappa shape index (κ3) is 9.11. The number of phenolic OH excluding ortho intramolecular Hbond substituents is 1. The Kier molecular flexibility index (Phi) is 10.4. The summed E-state index contributed by atoms with van der Waals surface area (Å²) in [6.07, 6.45) is 1.61. The third-order valence-corrected chi connectivity index (χ3v) is 11.7. The van der Waals surface area contributed by atoms with Gasteiger partial charge in [0.2, 0.25) is 0 Å². The van der Waals surface area contributed by atoms with Crippen LogP contribution in [0, 0.1) is 6.07 Å². The van der Waals surface area contributed by atoms with Gasteiger partial charge in [-0.1, -0.05) is 185 Å². The van der Waals surface area contributed by atoms with E-state index in [0.29, 0.717) is 28.2 Å². The van der Waals surface area contributed by atoms with Crippen LogP contribution in [-0.2, 0) is 42.7 Å². The maximum atomic E-state index is 12.5. The number of aromatic hydroxyl groups is 1. The standard InChI is InChI=1S/C58H60N3O.Pt/c1-55(2,3)42-31-40(30-41(32-42)50-33-39(28-29-59-50)37-20-15-13-16-21-37)46-24-19-25-51-52(46)60-54(47-34-43(56(4,5)6)35-49(53(47)62)58(10,11)12)61(51)44-26-27-45(38-22-17-14-18-23-38)48(36-44)57(7,8)9;/h13-29,31-36,62H,1-12H3;/q-1;/i13D,15D,16D,20D,21D;. The molecule has 0 spiro atoms. The maximum Gasteiger partial charge on any atom is 0.148 e. The zero-order valence-corrected chi connectivity index (χ0v) is 40.8. The van der Waals surface area contributed by atoms with Crippen molar-refractivity contribution in [3.05, 3.63) is 168 Å². The molecule has 0 saturated heterocycles. The second-order valence-corrected chi connectivity index (χ2v) is 20.6. The molecule has 324 valence electrons. The third-order valence-electron chi connectivity index (χ3n) is 11.7. The summed E-state index contributed by atoms with van der Waals surface area (Å²) in [4.78, 5) is 10.3. The molecule has 6 aromatic carbocycles. The predicted octanol–water partition coefficient (Wildman–Crippen LogP) is 15.4. The summed E-state index contributed by atoms with van der Waals surface area (Å²) >= 11 is 0. The number of nitrogens with zero attached hydrogens (tertiary/aromatic N) is 3. The van der Waals surface area contributed by atoms with Gasteiger partial charge >= 0.3 is 0 Å². The largest absolute Gasteiger partial charge is 0.507 e. The summed E-state index contributed by atoms with van der Waals surface area (Å²) in [6, 6.07) is 37.1. The molecule has 8 aromatic rings. The second-order valence-electron chi connectivity index (χ2n) is 20.6. The Labute approximate surface area is 396 Å². The molecule has 0 amide bonds. The molecule has 0 aliphatic carbocycles. The number of imidazole rings is 1. The van der Waals surface area contributed by atoms with Gasteiger partial charge in [0, 0.05) is 44.2 Å². The van der Waals surface area contributed by atoms with E-state index in [1.54, 1.807) is 18.3 Å². The summed E-state index contributed by atoms with van der Waals surface area (Å²) in [6.45, 7) is 26.1. The first-order valence-corrected chi connectivity index (χ1v) is 21.5. The number of fused-ring (bicyclic) bond motifs is 1. The molecule has 8 rings (SSSR count). The number of hydrogen-bond acceptors (Lipinski definition) is 3. The number of para-hydroxylation sites is 1. The van der Waals surface area contributed by atoms with Crippen LogP contribution >= 0.6 is 0 Å². The van der Waals surface area contributed by atoms with Crippen molar-refractivity contribution < 1.29 is 33.0 Å². The van der Waals surface area contributed by atoms with Crippen LogP contribution in [0.2, 0.25) is 0 Å². The molecular formula is C58H60N3OPt-. The van der Waals surface area contributed by atoms with Crippen molar-refractivity contribution >= 4 is 11.0 Å². The van der Waals surface area contributed by atoms with Gasteiger partial charge in [0.25, 0.3) is 0 Å². The molecule has 1 N–H and O–H groups in total. The molecule has 4 nitrogen and oxygen atoms in total. The summed E-state index contributed by atoms with van der Waals surface area (Å²) in [7, 11) is 0. The van der Waals surface area contributed by atoms with Crippen molar-refractivity contribution in [1.29, 1.82) is 0 Å². The van der Waals surface area contributed by atoms with Gasteiger partial charge < -0.3 is 5.11 Å². The van der Waals surface area contributed by atoms with Crippen LogP contribution in [0.1, 0.15) is 112 Å². The molecule has 2 aromatic heterocycles. The molecule has 0 aliphatic rings. The predicted molar refractivity (Wildman–Crippen MR) is 261 cm³/mol. The first-order valence-electron chi connectivity index (χ1n) is 24.0. The fourth-order valence-corrected chi connectivity index (χ4v) is 8.14.